The second-order valence-corrected chi connectivity index (χ2v) is 7.67. The van der Waals surface area contributed by atoms with E-state index in [1.54, 1.807) is 7.11 Å². The van der Waals surface area contributed by atoms with Crippen molar-refractivity contribution in [3.63, 3.8) is 0 Å². The molecule has 0 bridgehead atoms. The number of hydrogen-bond acceptors (Lipinski definition) is 4. The number of furan rings is 1. The summed E-state index contributed by atoms with van der Waals surface area (Å²) >= 11 is 0. The van der Waals surface area contributed by atoms with Crippen molar-refractivity contribution < 1.29 is 13.9 Å². The standard InChI is InChI=1S/C25H24N2O3/c1-17-19-12-11-18-7-3-4-8-20(18)24(19)30-23(17)25(28)27-15-13-26(14-16-27)21-9-5-6-10-22(21)29-2/h3-12H,13-16H2,1-2H3. The first-order valence-corrected chi connectivity index (χ1v) is 10.3. The average Bonchev–Trinajstić information content (AvgIpc) is 3.15. The molecule has 30 heavy (non-hydrogen) atoms. The number of fused-ring (bicyclic) bond motifs is 3. The summed E-state index contributed by atoms with van der Waals surface area (Å²) in [5.41, 5.74) is 2.77. The van der Waals surface area contributed by atoms with Gasteiger partial charge in [0, 0.05) is 42.5 Å². The fourth-order valence-corrected chi connectivity index (χ4v) is 4.34. The Hall–Kier alpha value is -3.47. The van der Waals surface area contributed by atoms with Gasteiger partial charge in [0.2, 0.25) is 0 Å². The van der Waals surface area contributed by atoms with Gasteiger partial charge in [0.05, 0.1) is 12.8 Å². The molecule has 0 saturated carbocycles. The first-order valence-electron chi connectivity index (χ1n) is 10.3. The summed E-state index contributed by atoms with van der Waals surface area (Å²) in [7, 11) is 1.69. The molecular formula is C25H24N2O3. The summed E-state index contributed by atoms with van der Waals surface area (Å²) in [6.07, 6.45) is 0. The lowest BCUT2D eigenvalue weighted by molar-refractivity contribution is 0.0716. The van der Waals surface area contributed by atoms with Gasteiger partial charge in [-0.2, -0.15) is 0 Å². The fraction of sp³-hybridized carbons (Fsp3) is 0.240. The summed E-state index contributed by atoms with van der Waals surface area (Å²) in [5, 5.41) is 3.16. The molecule has 5 nitrogen and oxygen atoms in total. The van der Waals surface area contributed by atoms with E-state index in [0.717, 1.165) is 51.8 Å². The van der Waals surface area contributed by atoms with Gasteiger partial charge in [0.1, 0.15) is 11.3 Å². The molecule has 5 heteroatoms. The molecule has 0 aliphatic carbocycles. The maximum atomic E-state index is 13.3. The topological polar surface area (TPSA) is 45.9 Å². The van der Waals surface area contributed by atoms with Crippen molar-refractivity contribution in [1.29, 1.82) is 0 Å². The molecule has 1 aliphatic heterocycles. The zero-order valence-electron chi connectivity index (χ0n) is 17.2. The third-order valence-electron chi connectivity index (χ3n) is 6.02. The van der Waals surface area contributed by atoms with Crippen LogP contribution in [-0.4, -0.2) is 44.1 Å². The lowest BCUT2D eigenvalue weighted by atomic mass is 10.1. The van der Waals surface area contributed by atoms with Crippen LogP contribution in [0.25, 0.3) is 21.7 Å². The fourth-order valence-electron chi connectivity index (χ4n) is 4.34. The third kappa shape index (κ3) is 2.98. The largest absolute Gasteiger partial charge is 0.495 e. The van der Waals surface area contributed by atoms with Gasteiger partial charge in [0.25, 0.3) is 5.91 Å². The Morgan fingerprint density at radius 2 is 1.63 bits per heavy atom. The maximum absolute atomic E-state index is 13.3. The molecule has 1 fully saturated rings. The minimum Gasteiger partial charge on any atom is -0.495 e. The van der Waals surface area contributed by atoms with Gasteiger partial charge in [-0.15, -0.1) is 0 Å². The van der Waals surface area contributed by atoms with Gasteiger partial charge in [-0.25, -0.2) is 0 Å². The molecule has 4 aromatic rings. The predicted octanol–water partition coefficient (Wildman–Crippen LogP) is 4.87. The average molecular weight is 400 g/mol. The van der Waals surface area contributed by atoms with Crippen LogP contribution in [0.1, 0.15) is 16.1 Å². The number of hydrogen-bond donors (Lipinski definition) is 0. The molecular weight excluding hydrogens is 376 g/mol. The van der Waals surface area contributed by atoms with Crippen molar-refractivity contribution in [2.75, 3.05) is 38.2 Å². The molecule has 0 radical (unpaired) electrons. The van der Waals surface area contributed by atoms with Crippen LogP contribution in [0.3, 0.4) is 0 Å². The molecule has 2 heterocycles. The number of benzene rings is 3. The highest BCUT2D eigenvalue weighted by Crippen LogP contribution is 2.33. The summed E-state index contributed by atoms with van der Waals surface area (Å²) < 4.78 is 11.6. The molecule has 1 amide bonds. The van der Waals surface area contributed by atoms with Gasteiger partial charge in [-0.1, -0.05) is 48.5 Å². The van der Waals surface area contributed by atoms with Crippen LogP contribution in [-0.2, 0) is 0 Å². The molecule has 0 spiro atoms. The van der Waals surface area contributed by atoms with Crippen molar-refractivity contribution >= 4 is 33.3 Å². The van der Waals surface area contributed by atoms with E-state index in [2.05, 4.69) is 23.1 Å². The Kier molecular flexibility index (Phi) is 4.58. The second-order valence-electron chi connectivity index (χ2n) is 7.67. The Labute approximate surface area is 175 Å². The number of piperazine rings is 1. The lowest BCUT2D eigenvalue weighted by Crippen LogP contribution is -2.48. The molecule has 1 aromatic heterocycles. The van der Waals surface area contributed by atoms with Crippen molar-refractivity contribution in [1.82, 2.24) is 4.90 Å². The molecule has 1 saturated heterocycles. The van der Waals surface area contributed by atoms with Crippen LogP contribution < -0.4 is 9.64 Å². The normalized spacial score (nSPS) is 14.5. The quantitative estimate of drug-likeness (QED) is 0.492. The number of rotatable bonds is 3. The van der Waals surface area contributed by atoms with Crippen LogP contribution in [0, 0.1) is 6.92 Å². The van der Waals surface area contributed by atoms with E-state index >= 15 is 0 Å². The SMILES string of the molecule is COc1ccccc1N1CCN(C(=O)c2oc3c(ccc4ccccc43)c2C)CC1. The van der Waals surface area contributed by atoms with Gasteiger partial charge in [0.15, 0.2) is 5.76 Å². The third-order valence-corrected chi connectivity index (χ3v) is 6.02. The van der Waals surface area contributed by atoms with Gasteiger partial charge < -0.3 is 19.0 Å². The van der Waals surface area contributed by atoms with Gasteiger partial charge >= 0.3 is 0 Å². The minimum absolute atomic E-state index is 0.0348. The van der Waals surface area contributed by atoms with E-state index in [9.17, 15) is 4.79 Å². The van der Waals surface area contributed by atoms with E-state index in [4.69, 9.17) is 9.15 Å². The van der Waals surface area contributed by atoms with E-state index in [-0.39, 0.29) is 5.91 Å². The van der Waals surface area contributed by atoms with Crippen molar-refractivity contribution in [2.45, 2.75) is 6.92 Å². The highest BCUT2D eigenvalue weighted by atomic mass is 16.5. The number of nitrogens with zero attached hydrogens (tertiary/aromatic N) is 2. The second kappa shape index (κ2) is 7.41. The van der Waals surface area contributed by atoms with Crippen molar-refractivity contribution in [3.05, 3.63) is 72.0 Å². The highest BCUT2D eigenvalue weighted by molar-refractivity contribution is 6.08. The summed E-state index contributed by atoms with van der Waals surface area (Å²) in [5.74, 6) is 1.27. The van der Waals surface area contributed by atoms with E-state index < -0.39 is 0 Å². The number of ether oxygens (including phenoxy) is 1. The monoisotopic (exact) mass is 400 g/mol. The number of anilines is 1. The summed E-state index contributed by atoms with van der Waals surface area (Å²) in [6, 6.07) is 20.3. The lowest BCUT2D eigenvalue weighted by Gasteiger charge is -2.36. The summed E-state index contributed by atoms with van der Waals surface area (Å²) in [6.45, 7) is 4.78. The molecule has 152 valence electrons. The van der Waals surface area contributed by atoms with Crippen molar-refractivity contribution in [3.8, 4) is 5.75 Å². The molecule has 0 atom stereocenters. The number of carbonyl (C=O) groups is 1. The Bertz CT molecular complexity index is 1240. The zero-order chi connectivity index (χ0) is 20.7. The first kappa shape index (κ1) is 18.6. The predicted molar refractivity (Wildman–Crippen MR) is 120 cm³/mol. The van der Waals surface area contributed by atoms with Crippen LogP contribution in [0.5, 0.6) is 5.75 Å². The Morgan fingerprint density at radius 3 is 2.43 bits per heavy atom. The smallest absolute Gasteiger partial charge is 0.290 e. The van der Waals surface area contributed by atoms with Gasteiger partial charge in [-0.05, 0) is 24.4 Å². The van der Waals surface area contributed by atoms with E-state index in [1.165, 1.54) is 0 Å². The molecule has 0 N–H and O–H groups in total. The molecule has 5 rings (SSSR count). The first-order chi connectivity index (χ1) is 14.7. The summed E-state index contributed by atoms with van der Waals surface area (Å²) in [4.78, 5) is 17.4. The Balaban J connectivity index is 1.40. The molecule has 3 aromatic carbocycles. The Morgan fingerprint density at radius 1 is 0.900 bits per heavy atom. The maximum Gasteiger partial charge on any atom is 0.290 e. The number of para-hydroxylation sites is 2. The number of aryl methyl sites for hydroxylation is 1. The number of carbonyl (C=O) groups excluding carboxylic acids is 1. The van der Waals surface area contributed by atoms with Gasteiger partial charge in [-0.3, -0.25) is 4.79 Å². The highest BCUT2D eigenvalue weighted by Gasteiger charge is 2.28. The molecule has 1 aliphatic rings. The van der Waals surface area contributed by atoms with Crippen LogP contribution in [0.15, 0.2) is 65.1 Å². The van der Waals surface area contributed by atoms with Crippen molar-refractivity contribution in [2.24, 2.45) is 0 Å². The van der Waals surface area contributed by atoms with E-state index in [0.29, 0.717) is 18.8 Å². The van der Waals surface area contributed by atoms with E-state index in [1.807, 2.05) is 54.3 Å². The molecule has 0 unspecified atom stereocenters. The number of methoxy groups -OCH3 is 1. The van der Waals surface area contributed by atoms with Crippen LogP contribution >= 0.6 is 0 Å². The van der Waals surface area contributed by atoms with Crippen LogP contribution in [0.2, 0.25) is 0 Å². The van der Waals surface area contributed by atoms with Crippen LogP contribution in [0.4, 0.5) is 5.69 Å². The number of amides is 1. The minimum atomic E-state index is -0.0348. The zero-order valence-corrected chi connectivity index (χ0v) is 17.2.